The number of nitro groups is 1. The maximum atomic E-state index is 11.0. The van der Waals surface area contributed by atoms with Gasteiger partial charge in [0, 0.05) is 19.7 Å². The van der Waals surface area contributed by atoms with E-state index in [1.54, 1.807) is 0 Å². The van der Waals surface area contributed by atoms with Gasteiger partial charge < -0.3 is 15.4 Å². The zero-order chi connectivity index (χ0) is 14.4. The monoisotopic (exact) mass is 281 g/mol. The molecule has 1 aliphatic heterocycles. The Morgan fingerprint density at radius 1 is 1.55 bits per heavy atom. The van der Waals surface area contributed by atoms with Crippen LogP contribution in [0.5, 0.6) is 0 Å². The van der Waals surface area contributed by atoms with Crippen molar-refractivity contribution in [3.05, 3.63) is 16.3 Å². The molecule has 110 valence electrons. The Morgan fingerprint density at radius 3 is 3.05 bits per heavy atom. The Bertz CT molecular complexity index is 462. The fraction of sp³-hybridized carbons (Fsp3) is 0.667. The molecule has 0 amide bonds. The van der Waals surface area contributed by atoms with Crippen molar-refractivity contribution in [1.29, 1.82) is 0 Å². The van der Waals surface area contributed by atoms with Gasteiger partial charge in [-0.1, -0.05) is 0 Å². The molecule has 1 aliphatic rings. The number of nitrogens with zero attached hydrogens (tertiary/aromatic N) is 3. The highest BCUT2D eigenvalue weighted by Crippen LogP contribution is 2.23. The minimum atomic E-state index is -0.477. The third-order valence-corrected chi connectivity index (χ3v) is 3.11. The van der Waals surface area contributed by atoms with Gasteiger partial charge in [-0.25, -0.2) is 4.98 Å². The third kappa shape index (κ3) is 3.77. The summed E-state index contributed by atoms with van der Waals surface area (Å²) >= 11 is 0. The first kappa shape index (κ1) is 14.4. The molecule has 1 atom stereocenters. The molecule has 0 aromatic carbocycles. The molecule has 1 unspecified atom stereocenters. The SMILES string of the molecule is CCNc1ncc([N+](=O)[O-])c(NCC2CCCOC2)n1. The molecular weight excluding hydrogens is 262 g/mol. The van der Waals surface area contributed by atoms with E-state index < -0.39 is 4.92 Å². The number of hydrogen-bond donors (Lipinski definition) is 2. The predicted octanol–water partition coefficient (Wildman–Crippen LogP) is 1.66. The molecule has 8 nitrogen and oxygen atoms in total. The van der Waals surface area contributed by atoms with Crippen LogP contribution in [0.15, 0.2) is 6.20 Å². The van der Waals surface area contributed by atoms with Gasteiger partial charge in [0.05, 0.1) is 11.5 Å². The molecule has 20 heavy (non-hydrogen) atoms. The molecule has 1 aromatic heterocycles. The van der Waals surface area contributed by atoms with Crippen LogP contribution >= 0.6 is 0 Å². The van der Waals surface area contributed by atoms with Crippen molar-refractivity contribution >= 4 is 17.5 Å². The fourth-order valence-corrected chi connectivity index (χ4v) is 2.09. The summed E-state index contributed by atoms with van der Waals surface area (Å²) in [5.74, 6) is 1.01. The fourth-order valence-electron chi connectivity index (χ4n) is 2.09. The lowest BCUT2D eigenvalue weighted by atomic mass is 10.0. The van der Waals surface area contributed by atoms with Gasteiger partial charge in [-0.05, 0) is 25.7 Å². The second-order valence-corrected chi connectivity index (χ2v) is 4.68. The van der Waals surface area contributed by atoms with Gasteiger partial charge in [0.2, 0.25) is 11.8 Å². The molecule has 2 N–H and O–H groups in total. The molecule has 2 heterocycles. The molecule has 2 rings (SSSR count). The highest BCUT2D eigenvalue weighted by atomic mass is 16.6. The Morgan fingerprint density at radius 2 is 2.40 bits per heavy atom. The van der Waals surface area contributed by atoms with Gasteiger partial charge in [0.25, 0.3) is 0 Å². The zero-order valence-corrected chi connectivity index (χ0v) is 11.5. The number of ether oxygens (including phenoxy) is 1. The van der Waals surface area contributed by atoms with Gasteiger partial charge in [0.15, 0.2) is 0 Å². The van der Waals surface area contributed by atoms with Crippen molar-refractivity contribution in [3.63, 3.8) is 0 Å². The summed E-state index contributed by atoms with van der Waals surface area (Å²) in [6, 6.07) is 0. The van der Waals surface area contributed by atoms with E-state index in [9.17, 15) is 10.1 Å². The predicted molar refractivity (Wildman–Crippen MR) is 74.9 cm³/mol. The van der Waals surface area contributed by atoms with E-state index in [1.165, 1.54) is 6.20 Å². The Balaban J connectivity index is 2.06. The topological polar surface area (TPSA) is 102 Å². The van der Waals surface area contributed by atoms with Crippen molar-refractivity contribution < 1.29 is 9.66 Å². The van der Waals surface area contributed by atoms with Gasteiger partial charge in [-0.15, -0.1) is 0 Å². The minimum Gasteiger partial charge on any atom is -0.381 e. The van der Waals surface area contributed by atoms with Crippen LogP contribution in [-0.4, -0.2) is 41.2 Å². The first-order valence-electron chi connectivity index (χ1n) is 6.77. The lowest BCUT2D eigenvalue weighted by Crippen LogP contribution is -2.25. The lowest BCUT2D eigenvalue weighted by Gasteiger charge is -2.22. The van der Waals surface area contributed by atoms with Crippen LogP contribution in [0, 0.1) is 16.0 Å². The minimum absolute atomic E-state index is 0.108. The third-order valence-electron chi connectivity index (χ3n) is 3.11. The molecule has 0 radical (unpaired) electrons. The maximum Gasteiger partial charge on any atom is 0.329 e. The van der Waals surface area contributed by atoms with E-state index in [4.69, 9.17) is 4.74 Å². The molecule has 1 aromatic rings. The quantitative estimate of drug-likeness (QED) is 0.603. The number of nitrogens with one attached hydrogen (secondary N) is 2. The van der Waals surface area contributed by atoms with Crippen molar-refractivity contribution in [3.8, 4) is 0 Å². The number of aromatic nitrogens is 2. The second kappa shape index (κ2) is 6.99. The van der Waals surface area contributed by atoms with Crippen molar-refractivity contribution in [2.24, 2.45) is 5.92 Å². The largest absolute Gasteiger partial charge is 0.381 e. The van der Waals surface area contributed by atoms with Gasteiger partial charge in [0.1, 0.15) is 6.20 Å². The summed E-state index contributed by atoms with van der Waals surface area (Å²) < 4.78 is 5.39. The van der Waals surface area contributed by atoms with Crippen LogP contribution in [0.4, 0.5) is 17.5 Å². The first-order valence-corrected chi connectivity index (χ1v) is 6.77. The van der Waals surface area contributed by atoms with Crippen molar-refractivity contribution in [2.75, 3.05) is 36.9 Å². The highest BCUT2D eigenvalue weighted by molar-refractivity contribution is 5.56. The molecule has 0 saturated carbocycles. The summed E-state index contributed by atoms with van der Waals surface area (Å²) in [6.07, 6.45) is 3.32. The Kier molecular flexibility index (Phi) is 5.05. The van der Waals surface area contributed by atoms with E-state index >= 15 is 0 Å². The van der Waals surface area contributed by atoms with E-state index in [0.717, 1.165) is 19.4 Å². The molecule has 1 saturated heterocycles. The van der Waals surface area contributed by atoms with Gasteiger partial charge >= 0.3 is 5.69 Å². The summed E-state index contributed by atoms with van der Waals surface area (Å²) in [6.45, 7) is 4.68. The summed E-state index contributed by atoms with van der Waals surface area (Å²) in [5, 5.41) is 17.0. The molecule has 1 fully saturated rings. The van der Waals surface area contributed by atoms with Crippen LogP contribution in [0.3, 0.4) is 0 Å². The van der Waals surface area contributed by atoms with Crippen LogP contribution in [-0.2, 0) is 4.74 Å². The normalized spacial score (nSPS) is 18.6. The van der Waals surface area contributed by atoms with Gasteiger partial charge in [-0.2, -0.15) is 4.98 Å². The van der Waals surface area contributed by atoms with E-state index in [2.05, 4.69) is 20.6 Å². The number of hydrogen-bond acceptors (Lipinski definition) is 7. The summed E-state index contributed by atoms with van der Waals surface area (Å²) in [4.78, 5) is 18.6. The molecule has 0 bridgehead atoms. The van der Waals surface area contributed by atoms with Crippen LogP contribution in [0.1, 0.15) is 19.8 Å². The van der Waals surface area contributed by atoms with Crippen LogP contribution in [0.25, 0.3) is 0 Å². The Hall–Kier alpha value is -1.96. The standard InChI is InChI=1S/C12H19N5O3/c1-2-13-12-15-7-10(17(18)19)11(16-12)14-6-9-4-3-5-20-8-9/h7,9H,2-6,8H2,1H3,(H2,13,14,15,16). The summed E-state index contributed by atoms with van der Waals surface area (Å²) in [5.41, 5.74) is -0.108. The number of anilines is 2. The van der Waals surface area contributed by atoms with Crippen LogP contribution < -0.4 is 10.6 Å². The van der Waals surface area contributed by atoms with Crippen molar-refractivity contribution in [2.45, 2.75) is 19.8 Å². The Labute approximate surface area is 117 Å². The summed E-state index contributed by atoms with van der Waals surface area (Å²) in [7, 11) is 0. The molecule has 0 aliphatic carbocycles. The average molecular weight is 281 g/mol. The van der Waals surface area contributed by atoms with Gasteiger partial charge in [-0.3, -0.25) is 10.1 Å². The number of rotatable bonds is 6. The highest BCUT2D eigenvalue weighted by Gasteiger charge is 2.19. The molecule has 8 heteroatoms. The van der Waals surface area contributed by atoms with E-state index in [1.807, 2.05) is 6.92 Å². The average Bonchev–Trinajstić information content (AvgIpc) is 2.46. The smallest absolute Gasteiger partial charge is 0.329 e. The molecular formula is C12H19N5O3. The molecule has 0 spiro atoms. The van der Waals surface area contributed by atoms with E-state index in [0.29, 0.717) is 31.6 Å². The lowest BCUT2D eigenvalue weighted by molar-refractivity contribution is -0.384. The maximum absolute atomic E-state index is 11.0. The van der Waals surface area contributed by atoms with Crippen molar-refractivity contribution in [1.82, 2.24) is 9.97 Å². The van der Waals surface area contributed by atoms with E-state index in [-0.39, 0.29) is 11.5 Å². The zero-order valence-electron chi connectivity index (χ0n) is 11.5. The first-order chi connectivity index (χ1) is 9.70. The second-order valence-electron chi connectivity index (χ2n) is 4.68. The van der Waals surface area contributed by atoms with Crippen LogP contribution in [0.2, 0.25) is 0 Å².